The van der Waals surface area contributed by atoms with Crippen LogP contribution in [0.4, 0.5) is 10.5 Å². The van der Waals surface area contributed by atoms with Gasteiger partial charge in [-0.15, -0.1) is 0 Å². The Hall–Kier alpha value is -3.26. The fourth-order valence-corrected chi connectivity index (χ4v) is 2.83. The number of hydrogen-bond donors (Lipinski definition) is 3. The zero-order chi connectivity index (χ0) is 24.3. The maximum Gasteiger partial charge on any atom is 0.408 e. The van der Waals surface area contributed by atoms with Crippen LogP contribution in [0.15, 0.2) is 48.5 Å². The minimum absolute atomic E-state index is 0.118. The van der Waals surface area contributed by atoms with E-state index in [1.54, 1.807) is 57.2 Å². The molecule has 178 valence electrons. The first kappa shape index (κ1) is 26.0. The number of rotatable bonds is 10. The van der Waals surface area contributed by atoms with Crippen LogP contribution >= 0.6 is 11.6 Å². The largest absolute Gasteiger partial charge is 0.492 e. The van der Waals surface area contributed by atoms with E-state index in [1.807, 2.05) is 12.1 Å². The molecule has 33 heavy (non-hydrogen) atoms. The Morgan fingerprint density at radius 3 is 2.30 bits per heavy atom. The summed E-state index contributed by atoms with van der Waals surface area (Å²) in [5, 5.41) is 8.48. The number of carbonyl (C=O) groups excluding carboxylic acids is 3. The monoisotopic (exact) mass is 475 g/mol. The van der Waals surface area contributed by atoms with Crippen molar-refractivity contribution >= 4 is 35.2 Å². The number of halogens is 1. The molecule has 8 nitrogen and oxygen atoms in total. The molecule has 9 heteroatoms. The fraction of sp³-hybridized carbons (Fsp3) is 0.375. The third kappa shape index (κ3) is 10.7. The molecule has 0 spiro atoms. The number of amides is 3. The van der Waals surface area contributed by atoms with Crippen molar-refractivity contribution in [2.24, 2.45) is 0 Å². The average molecular weight is 476 g/mol. The molecule has 0 saturated heterocycles. The molecule has 2 rings (SSSR count). The van der Waals surface area contributed by atoms with Crippen LogP contribution in [0.2, 0.25) is 5.02 Å². The maximum absolute atomic E-state index is 12.1. The molecule has 3 amide bonds. The standard InChI is InChI=1S/C24H30ClN3O5/c1-24(2,3)33-23(31)27-16-22(30)26-15-17-10-12-18(13-11-17)28-21(29)9-6-14-32-20-8-5-4-7-19(20)25/h4-5,7-8,10-13H,6,9,14-16H2,1-3H3,(H,26,30)(H,27,31)(H,28,29). The molecule has 0 aliphatic rings. The second kappa shape index (κ2) is 12.7. The molecule has 0 fully saturated rings. The van der Waals surface area contributed by atoms with Gasteiger partial charge in [0, 0.05) is 18.7 Å². The lowest BCUT2D eigenvalue weighted by atomic mass is 10.2. The average Bonchev–Trinajstić information content (AvgIpc) is 2.75. The van der Waals surface area contributed by atoms with Crippen LogP contribution in [0.3, 0.4) is 0 Å². The second-order valence-corrected chi connectivity index (χ2v) is 8.67. The zero-order valence-corrected chi connectivity index (χ0v) is 19.8. The Labute approximate surface area is 199 Å². The van der Waals surface area contributed by atoms with Crippen LogP contribution < -0.4 is 20.7 Å². The van der Waals surface area contributed by atoms with Crippen molar-refractivity contribution in [2.45, 2.75) is 45.8 Å². The maximum atomic E-state index is 12.1. The van der Waals surface area contributed by atoms with Crippen LogP contribution in [-0.2, 0) is 20.9 Å². The second-order valence-electron chi connectivity index (χ2n) is 8.26. The van der Waals surface area contributed by atoms with Crippen LogP contribution in [0.5, 0.6) is 5.75 Å². The summed E-state index contributed by atoms with van der Waals surface area (Å²) in [6.45, 7) is 5.74. The van der Waals surface area contributed by atoms with E-state index in [2.05, 4.69) is 16.0 Å². The predicted octanol–water partition coefficient (Wildman–Crippen LogP) is 4.28. The number of para-hydroxylation sites is 1. The van der Waals surface area contributed by atoms with Crippen molar-refractivity contribution < 1.29 is 23.9 Å². The lowest BCUT2D eigenvalue weighted by molar-refractivity contribution is -0.120. The van der Waals surface area contributed by atoms with Gasteiger partial charge in [0.15, 0.2) is 0 Å². The van der Waals surface area contributed by atoms with Gasteiger partial charge in [0.1, 0.15) is 17.9 Å². The van der Waals surface area contributed by atoms with Gasteiger partial charge in [0.25, 0.3) is 0 Å². The third-order valence-electron chi connectivity index (χ3n) is 4.16. The number of anilines is 1. The van der Waals surface area contributed by atoms with Crippen LogP contribution in [0.1, 0.15) is 39.2 Å². The van der Waals surface area contributed by atoms with E-state index < -0.39 is 11.7 Å². The first-order valence-corrected chi connectivity index (χ1v) is 11.0. The van der Waals surface area contributed by atoms with E-state index >= 15 is 0 Å². The lowest BCUT2D eigenvalue weighted by Gasteiger charge is -2.19. The highest BCUT2D eigenvalue weighted by molar-refractivity contribution is 6.32. The number of hydrogen-bond acceptors (Lipinski definition) is 5. The molecular weight excluding hydrogens is 446 g/mol. The number of ether oxygens (including phenoxy) is 2. The van der Waals surface area contributed by atoms with Gasteiger partial charge in [0.05, 0.1) is 11.6 Å². The number of carbonyl (C=O) groups is 3. The van der Waals surface area contributed by atoms with Crippen LogP contribution in [-0.4, -0.2) is 36.7 Å². The van der Waals surface area contributed by atoms with Gasteiger partial charge < -0.3 is 25.4 Å². The highest BCUT2D eigenvalue weighted by atomic mass is 35.5. The topological polar surface area (TPSA) is 106 Å². The fourth-order valence-electron chi connectivity index (χ4n) is 2.64. The highest BCUT2D eigenvalue weighted by Gasteiger charge is 2.16. The smallest absolute Gasteiger partial charge is 0.408 e. The van der Waals surface area contributed by atoms with E-state index in [4.69, 9.17) is 21.1 Å². The molecule has 2 aromatic carbocycles. The molecule has 2 aromatic rings. The van der Waals surface area contributed by atoms with Crippen molar-refractivity contribution in [3.05, 3.63) is 59.1 Å². The summed E-state index contributed by atoms with van der Waals surface area (Å²) in [5.41, 5.74) is 0.891. The molecule has 0 heterocycles. The van der Waals surface area contributed by atoms with Crippen LogP contribution in [0, 0.1) is 0 Å². The van der Waals surface area contributed by atoms with Gasteiger partial charge >= 0.3 is 6.09 Å². The Morgan fingerprint density at radius 1 is 0.939 bits per heavy atom. The molecule has 0 aliphatic heterocycles. The predicted molar refractivity (Wildman–Crippen MR) is 127 cm³/mol. The first-order valence-electron chi connectivity index (χ1n) is 10.6. The summed E-state index contributed by atoms with van der Waals surface area (Å²) >= 11 is 6.03. The number of nitrogens with one attached hydrogen (secondary N) is 3. The quantitative estimate of drug-likeness (QED) is 0.445. The van der Waals surface area contributed by atoms with E-state index in [0.717, 1.165) is 5.56 Å². The number of benzene rings is 2. The summed E-state index contributed by atoms with van der Waals surface area (Å²) in [5.74, 6) is 0.146. The Bertz CT molecular complexity index is 942. The summed E-state index contributed by atoms with van der Waals surface area (Å²) in [6, 6.07) is 14.3. The van der Waals surface area contributed by atoms with Crippen molar-refractivity contribution in [2.75, 3.05) is 18.5 Å². The van der Waals surface area contributed by atoms with Crippen LogP contribution in [0.25, 0.3) is 0 Å². The summed E-state index contributed by atoms with van der Waals surface area (Å²) in [4.78, 5) is 35.6. The number of alkyl carbamates (subject to hydrolysis) is 1. The molecule has 0 aromatic heterocycles. The summed E-state index contributed by atoms with van der Waals surface area (Å²) < 4.78 is 10.6. The molecule has 0 bridgehead atoms. The molecular formula is C24H30ClN3O5. The molecule has 0 aliphatic carbocycles. The lowest BCUT2D eigenvalue weighted by Crippen LogP contribution is -2.39. The Balaban J connectivity index is 1.64. The van der Waals surface area contributed by atoms with Gasteiger partial charge in [-0.3, -0.25) is 9.59 Å². The third-order valence-corrected chi connectivity index (χ3v) is 4.47. The summed E-state index contributed by atoms with van der Waals surface area (Å²) in [6.07, 6.45) is 0.221. The normalized spacial score (nSPS) is 10.8. The Kier molecular flexibility index (Phi) is 10.00. The van der Waals surface area contributed by atoms with Gasteiger partial charge in [-0.05, 0) is 57.0 Å². The Morgan fingerprint density at radius 2 is 1.64 bits per heavy atom. The summed E-state index contributed by atoms with van der Waals surface area (Å²) in [7, 11) is 0. The molecule has 3 N–H and O–H groups in total. The SMILES string of the molecule is CC(C)(C)OC(=O)NCC(=O)NCc1ccc(NC(=O)CCCOc2ccccc2Cl)cc1. The molecule has 0 unspecified atom stereocenters. The van der Waals surface area contributed by atoms with Gasteiger partial charge in [0.2, 0.25) is 11.8 Å². The molecule has 0 atom stereocenters. The first-order chi connectivity index (χ1) is 15.6. The van der Waals surface area contributed by atoms with E-state index in [-0.39, 0.29) is 18.4 Å². The molecule has 0 radical (unpaired) electrons. The minimum atomic E-state index is -0.645. The van der Waals surface area contributed by atoms with E-state index in [0.29, 0.717) is 42.5 Å². The highest BCUT2D eigenvalue weighted by Crippen LogP contribution is 2.23. The van der Waals surface area contributed by atoms with Crippen molar-refractivity contribution in [1.82, 2.24) is 10.6 Å². The van der Waals surface area contributed by atoms with Crippen molar-refractivity contribution in [3.63, 3.8) is 0 Å². The van der Waals surface area contributed by atoms with Gasteiger partial charge in [-0.25, -0.2) is 4.79 Å². The van der Waals surface area contributed by atoms with Gasteiger partial charge in [-0.1, -0.05) is 35.9 Å². The van der Waals surface area contributed by atoms with Crippen molar-refractivity contribution in [3.8, 4) is 5.75 Å². The zero-order valence-electron chi connectivity index (χ0n) is 19.1. The minimum Gasteiger partial charge on any atom is -0.492 e. The van der Waals surface area contributed by atoms with E-state index in [1.165, 1.54) is 0 Å². The van der Waals surface area contributed by atoms with Gasteiger partial charge in [-0.2, -0.15) is 0 Å². The van der Waals surface area contributed by atoms with Crippen molar-refractivity contribution in [1.29, 1.82) is 0 Å². The molecule has 0 saturated carbocycles. The van der Waals surface area contributed by atoms with E-state index in [9.17, 15) is 14.4 Å².